The number of nitrogens with zero attached hydrogens (tertiary/aromatic N) is 1. The van der Waals surface area contributed by atoms with Crippen molar-refractivity contribution in [1.82, 2.24) is 0 Å². The third kappa shape index (κ3) is 2.20. The van der Waals surface area contributed by atoms with Crippen LogP contribution in [0, 0.1) is 0 Å². The number of anilines is 1. The molecule has 0 aliphatic carbocycles. The Morgan fingerprint density at radius 1 is 1.75 bits per heavy atom. The number of hydrogen-bond acceptors (Lipinski definition) is 2. The quantitative estimate of drug-likeness (QED) is 0.559. The summed E-state index contributed by atoms with van der Waals surface area (Å²) < 4.78 is 1.63. The highest BCUT2D eigenvalue weighted by molar-refractivity contribution is 9.10. The summed E-state index contributed by atoms with van der Waals surface area (Å²) in [7, 11) is 0. The van der Waals surface area contributed by atoms with Crippen LogP contribution in [-0.2, 0) is 4.79 Å². The van der Waals surface area contributed by atoms with Crippen LogP contribution in [0.25, 0.3) is 0 Å². The second kappa shape index (κ2) is 3.53. The Morgan fingerprint density at radius 3 is 3.00 bits per heavy atom. The molecule has 5 heteroatoms. The lowest BCUT2D eigenvalue weighted by Crippen LogP contribution is -2.34. The maximum Gasteiger partial charge on any atom is 0.322 e. The van der Waals surface area contributed by atoms with Crippen LogP contribution in [-0.4, -0.2) is 11.1 Å². The van der Waals surface area contributed by atoms with E-state index in [1.807, 2.05) is 0 Å². The first kappa shape index (κ1) is 8.99. The van der Waals surface area contributed by atoms with E-state index in [-0.39, 0.29) is 5.91 Å². The van der Waals surface area contributed by atoms with Gasteiger partial charge in [-0.3, -0.25) is 0 Å². The first-order chi connectivity index (χ1) is 5.59. The van der Waals surface area contributed by atoms with Crippen LogP contribution >= 0.6 is 15.9 Å². The summed E-state index contributed by atoms with van der Waals surface area (Å²) in [5.74, 6) is 0.104. The van der Waals surface area contributed by atoms with E-state index in [9.17, 15) is 4.79 Å². The molecule has 12 heavy (non-hydrogen) atoms. The molecule has 0 aromatic carbocycles. The Morgan fingerprint density at radius 2 is 2.42 bits per heavy atom. The molecule has 0 saturated heterocycles. The van der Waals surface area contributed by atoms with Crippen molar-refractivity contribution in [3.05, 3.63) is 22.8 Å². The van der Waals surface area contributed by atoms with Gasteiger partial charge < -0.3 is 5.21 Å². The third-order valence-electron chi connectivity index (χ3n) is 1.20. The third-order valence-corrected chi connectivity index (χ3v) is 1.69. The van der Waals surface area contributed by atoms with Crippen molar-refractivity contribution in [2.45, 2.75) is 6.92 Å². The number of halogens is 1. The predicted molar refractivity (Wildman–Crippen MR) is 45.8 cm³/mol. The predicted octanol–water partition coefficient (Wildman–Crippen LogP) is 0.932. The molecule has 2 N–H and O–H groups in total. The van der Waals surface area contributed by atoms with E-state index in [1.54, 1.807) is 12.1 Å². The van der Waals surface area contributed by atoms with Crippen molar-refractivity contribution in [2.75, 3.05) is 5.32 Å². The highest BCUT2D eigenvalue weighted by Gasteiger charge is 2.10. The van der Waals surface area contributed by atoms with Crippen LogP contribution < -0.4 is 10.0 Å². The van der Waals surface area contributed by atoms with Crippen molar-refractivity contribution in [1.29, 1.82) is 0 Å². The van der Waals surface area contributed by atoms with Gasteiger partial charge in [-0.05, 0) is 6.07 Å². The van der Waals surface area contributed by atoms with Crippen LogP contribution in [0.5, 0.6) is 0 Å². The van der Waals surface area contributed by atoms with Gasteiger partial charge in [-0.1, -0.05) is 20.7 Å². The molecule has 0 saturated carbocycles. The van der Waals surface area contributed by atoms with Crippen molar-refractivity contribution >= 4 is 27.7 Å². The molecule has 1 heterocycles. The average Bonchev–Trinajstić information content (AvgIpc) is 1.96. The average molecular weight is 232 g/mol. The SMILES string of the molecule is CC(=O)Nc1cc(Br)cc[n+]1O. The number of carbonyl (C=O) groups excluding carboxylic acids is 1. The van der Waals surface area contributed by atoms with Gasteiger partial charge in [-0.15, -0.1) is 0 Å². The second-order valence-electron chi connectivity index (χ2n) is 2.26. The minimum absolute atomic E-state index is 0.226. The summed E-state index contributed by atoms with van der Waals surface area (Å²) in [5.41, 5.74) is 0. The Kier molecular flexibility index (Phi) is 2.65. The first-order valence-electron chi connectivity index (χ1n) is 3.27. The molecule has 0 aliphatic rings. The van der Waals surface area contributed by atoms with E-state index in [0.29, 0.717) is 5.82 Å². The van der Waals surface area contributed by atoms with Crippen molar-refractivity contribution in [2.24, 2.45) is 0 Å². The first-order valence-corrected chi connectivity index (χ1v) is 4.07. The molecular weight excluding hydrogens is 224 g/mol. The fourth-order valence-electron chi connectivity index (χ4n) is 0.741. The van der Waals surface area contributed by atoms with E-state index in [0.717, 1.165) is 9.20 Å². The maximum atomic E-state index is 10.6. The van der Waals surface area contributed by atoms with Gasteiger partial charge in [-0.2, -0.15) is 0 Å². The molecule has 0 bridgehead atoms. The van der Waals surface area contributed by atoms with Gasteiger partial charge in [0, 0.05) is 17.5 Å². The van der Waals surface area contributed by atoms with Gasteiger partial charge in [0.05, 0.1) is 0 Å². The summed E-state index contributed by atoms with van der Waals surface area (Å²) in [6.45, 7) is 1.38. The molecule has 0 atom stereocenters. The molecule has 0 fully saturated rings. The summed E-state index contributed by atoms with van der Waals surface area (Å²) in [4.78, 5) is 10.6. The Hall–Kier alpha value is -1.10. The normalized spacial score (nSPS) is 9.50. The topological polar surface area (TPSA) is 53.2 Å². The van der Waals surface area contributed by atoms with Gasteiger partial charge in [0.25, 0.3) is 0 Å². The Bertz CT molecular complexity index is 314. The van der Waals surface area contributed by atoms with Crippen LogP contribution in [0.1, 0.15) is 6.92 Å². The van der Waals surface area contributed by atoms with E-state index in [2.05, 4.69) is 21.2 Å². The zero-order valence-electron chi connectivity index (χ0n) is 6.41. The highest BCUT2D eigenvalue weighted by atomic mass is 79.9. The monoisotopic (exact) mass is 231 g/mol. The number of aromatic nitrogens is 1. The minimum atomic E-state index is -0.226. The number of amides is 1. The highest BCUT2D eigenvalue weighted by Crippen LogP contribution is 2.10. The van der Waals surface area contributed by atoms with E-state index in [4.69, 9.17) is 5.21 Å². The molecule has 0 spiro atoms. The van der Waals surface area contributed by atoms with E-state index in [1.165, 1.54) is 13.1 Å². The molecule has 0 radical (unpaired) electrons. The Balaban J connectivity index is 2.97. The van der Waals surface area contributed by atoms with Gasteiger partial charge in [0.2, 0.25) is 0 Å². The summed E-state index contributed by atoms with van der Waals surface area (Å²) >= 11 is 3.21. The van der Waals surface area contributed by atoms with Gasteiger partial charge in [-0.25, -0.2) is 10.1 Å². The summed E-state index contributed by atoms with van der Waals surface area (Å²) in [5, 5.41) is 11.6. The van der Waals surface area contributed by atoms with Crippen LogP contribution in [0.3, 0.4) is 0 Å². The smallest absolute Gasteiger partial charge is 0.322 e. The lowest BCUT2D eigenvalue weighted by atomic mass is 10.4. The maximum absolute atomic E-state index is 10.6. The van der Waals surface area contributed by atoms with Crippen LogP contribution in [0.15, 0.2) is 22.8 Å². The van der Waals surface area contributed by atoms with Gasteiger partial charge in [0.1, 0.15) is 6.20 Å². The number of carbonyl (C=O) groups is 1. The Labute approximate surface area is 77.9 Å². The fraction of sp³-hybridized carbons (Fsp3) is 0.143. The molecule has 1 rings (SSSR count). The molecule has 0 unspecified atom stereocenters. The van der Waals surface area contributed by atoms with Gasteiger partial charge >= 0.3 is 11.7 Å². The summed E-state index contributed by atoms with van der Waals surface area (Å²) in [6, 6.07) is 3.26. The molecule has 64 valence electrons. The zero-order valence-corrected chi connectivity index (χ0v) is 8.00. The van der Waals surface area contributed by atoms with Crippen molar-refractivity contribution in [3.63, 3.8) is 0 Å². The van der Waals surface area contributed by atoms with E-state index < -0.39 is 0 Å². The molecular formula is C7H8BrN2O2+. The largest absolute Gasteiger partial charge is 0.350 e. The number of nitrogens with one attached hydrogen (secondary N) is 1. The van der Waals surface area contributed by atoms with Crippen LogP contribution in [0.4, 0.5) is 5.82 Å². The lowest BCUT2D eigenvalue weighted by Gasteiger charge is -1.97. The molecule has 0 aliphatic heterocycles. The van der Waals surface area contributed by atoms with Gasteiger partial charge in [0.15, 0.2) is 0 Å². The number of pyridine rings is 1. The van der Waals surface area contributed by atoms with Crippen molar-refractivity contribution < 1.29 is 14.7 Å². The zero-order chi connectivity index (χ0) is 9.14. The number of hydrogen-bond donors (Lipinski definition) is 2. The lowest BCUT2D eigenvalue weighted by molar-refractivity contribution is -0.893. The summed E-state index contributed by atoms with van der Waals surface area (Å²) in [6.07, 6.45) is 1.43. The second-order valence-corrected chi connectivity index (χ2v) is 3.17. The molecule has 1 aromatic heterocycles. The molecule has 1 aromatic rings. The number of rotatable bonds is 1. The van der Waals surface area contributed by atoms with Crippen LogP contribution in [0.2, 0.25) is 0 Å². The standard InChI is InChI=1S/C7H7BrN2O2/c1-5(11)9-7-4-6(8)2-3-10(7)12/h2-4,12H,1H3/p+1. The van der Waals surface area contributed by atoms with Crippen molar-refractivity contribution in [3.8, 4) is 0 Å². The fourth-order valence-corrected chi connectivity index (χ4v) is 1.08. The minimum Gasteiger partial charge on any atom is -0.350 e. The molecule has 4 nitrogen and oxygen atoms in total. The molecule has 1 amide bonds. The van der Waals surface area contributed by atoms with E-state index >= 15 is 0 Å².